The van der Waals surface area contributed by atoms with Crippen LogP contribution in [0.2, 0.25) is 0 Å². The van der Waals surface area contributed by atoms with Crippen molar-refractivity contribution in [2.45, 2.75) is 50.9 Å². The molecule has 0 aromatic carbocycles. The lowest BCUT2D eigenvalue weighted by Crippen LogP contribution is -2.21. The van der Waals surface area contributed by atoms with Gasteiger partial charge in [0.2, 0.25) is 6.86 Å². The van der Waals surface area contributed by atoms with Gasteiger partial charge in [-0.1, -0.05) is 20.3 Å². The highest BCUT2D eigenvalue weighted by Gasteiger charge is 2.36. The minimum atomic E-state index is -6.09. The fraction of sp³-hybridized carbons (Fsp3) is 1.00. The van der Waals surface area contributed by atoms with Crippen LogP contribution in [0, 0.1) is 0 Å². The minimum absolute atomic E-state index is 0. The van der Waals surface area contributed by atoms with Crippen molar-refractivity contribution in [3.05, 3.63) is 0 Å². The normalized spacial score (nSPS) is 12.5. The van der Waals surface area contributed by atoms with Crippen LogP contribution in [0.3, 0.4) is 0 Å². The molecule has 5 nitrogen and oxygen atoms in total. The highest BCUT2D eigenvalue weighted by Crippen LogP contribution is 2.20. The molecule has 0 saturated heterocycles. The first kappa shape index (κ1) is 33.7. The van der Waals surface area contributed by atoms with Crippen LogP contribution in [0.5, 0.6) is 0 Å². The van der Waals surface area contributed by atoms with E-state index in [1.54, 1.807) is 0 Å². The zero-order chi connectivity index (χ0) is 22.7. The van der Waals surface area contributed by atoms with E-state index in [0.717, 1.165) is 19.3 Å². The molecule has 0 fully saturated rings. The lowest BCUT2D eigenvalue weighted by molar-refractivity contribution is -0.167. The summed E-state index contributed by atoms with van der Waals surface area (Å²) in [6.45, 7) is -0.133. The maximum Gasteiger partial charge on any atom is 1.00 e. The van der Waals surface area contributed by atoms with E-state index < -0.39 is 42.2 Å². The van der Waals surface area contributed by atoms with Gasteiger partial charge in [0.05, 0.1) is 6.10 Å². The second-order valence-corrected chi connectivity index (χ2v) is 5.33. The van der Waals surface area contributed by atoms with Crippen molar-refractivity contribution < 1.29 is 68.1 Å². The van der Waals surface area contributed by atoms with Crippen molar-refractivity contribution in [2.75, 3.05) is 20.4 Å². The Labute approximate surface area is 150 Å². The van der Waals surface area contributed by atoms with Gasteiger partial charge in [-0.15, -0.1) is 0 Å². The Morgan fingerprint density at radius 3 is 1.44 bits per heavy atom. The van der Waals surface area contributed by atoms with Gasteiger partial charge >= 0.3 is 13.1 Å². The van der Waals surface area contributed by atoms with Crippen LogP contribution in [0.4, 0.5) is 44.0 Å². The molecule has 0 rings (SSSR count). The van der Waals surface area contributed by atoms with Crippen LogP contribution < -0.4 is 0 Å². The van der Waals surface area contributed by atoms with E-state index in [9.17, 15) is 44.0 Å². The van der Waals surface area contributed by atoms with E-state index in [1.807, 2.05) is 6.92 Å². The van der Waals surface area contributed by atoms with Crippen molar-refractivity contribution in [3.8, 4) is 0 Å². The van der Waals surface area contributed by atoms with Crippen LogP contribution in [0.1, 0.15) is 34.5 Å². The molecule has 170 valence electrons. The van der Waals surface area contributed by atoms with E-state index >= 15 is 0 Å². The van der Waals surface area contributed by atoms with E-state index in [4.69, 9.17) is 17.7 Å². The molecular weight excluding hydrogens is 434 g/mol. The third-order valence-electron chi connectivity index (χ3n) is 1.84. The number of hydrogen-bond donors (Lipinski definition) is 0. The summed E-state index contributed by atoms with van der Waals surface area (Å²) in [7, 11) is -6.09. The molecule has 0 spiro atoms. The van der Waals surface area contributed by atoms with Crippen LogP contribution in [0.25, 0.3) is 0 Å². The van der Waals surface area contributed by atoms with E-state index in [1.165, 1.54) is 0 Å². The summed E-state index contributed by atoms with van der Waals surface area (Å²) >= 11 is 0. The van der Waals surface area contributed by atoms with Gasteiger partial charge in [-0.3, -0.25) is 0 Å². The van der Waals surface area contributed by atoms with Gasteiger partial charge in [0.1, 0.15) is 0 Å². The van der Waals surface area contributed by atoms with Crippen molar-refractivity contribution >= 4 is 10.1 Å². The van der Waals surface area contributed by atoms with E-state index in [0.29, 0.717) is 0 Å². The first-order chi connectivity index (χ1) is 12.1. The molecule has 0 radical (unpaired) electrons. The van der Waals surface area contributed by atoms with Crippen LogP contribution in [-0.2, 0) is 19.8 Å². The molecule has 1 unspecified atom stereocenters. The SMILES string of the molecule is CCCC(CC)OCF.FCC(F)(F)F.FCOF.O=S(=O)([O-])C(F)(F)F.[H+]. The smallest absolute Gasteiger partial charge is 0.741 e. The summed E-state index contributed by atoms with van der Waals surface area (Å²) in [6, 6.07) is 0. The molecule has 0 aromatic rings. The number of rotatable bonds is 6. The fourth-order valence-corrected chi connectivity index (χ4v) is 0.816. The third-order valence-corrected chi connectivity index (χ3v) is 2.41. The molecule has 0 N–H and O–H groups in total. The molecule has 0 aliphatic carbocycles. The maximum absolute atomic E-state index is 11.5. The molecule has 0 aliphatic rings. The van der Waals surface area contributed by atoms with Crippen LogP contribution >= 0.6 is 0 Å². The van der Waals surface area contributed by atoms with Crippen molar-refractivity contribution in [3.63, 3.8) is 0 Å². The van der Waals surface area contributed by atoms with Gasteiger partial charge in [0, 0.05) is 0 Å². The Hall–Kier alpha value is -0.870. The molecule has 0 amide bonds. The highest BCUT2D eigenvalue weighted by molar-refractivity contribution is 7.86. The average molecular weight is 454 g/mol. The summed E-state index contributed by atoms with van der Waals surface area (Å²) in [4.78, 5) is 2.38. The second kappa shape index (κ2) is 18.5. The molecule has 0 bridgehead atoms. The summed E-state index contributed by atoms with van der Waals surface area (Å²) in [5.74, 6) is 0. The summed E-state index contributed by atoms with van der Waals surface area (Å²) in [5, 5.41) is 0. The Morgan fingerprint density at radius 1 is 1.00 bits per heavy atom. The molecule has 0 aromatic heterocycles. The Kier molecular flexibility index (Phi) is 23.1. The number of halogens is 10. The topological polar surface area (TPSA) is 75.7 Å². The average Bonchev–Trinajstić information content (AvgIpc) is 2.53. The summed E-state index contributed by atoms with van der Waals surface area (Å²) in [6.07, 6.45) is -1.53. The second-order valence-electron chi connectivity index (χ2n) is 3.96. The zero-order valence-electron chi connectivity index (χ0n) is 15.0. The monoisotopic (exact) mass is 454 g/mol. The minimum Gasteiger partial charge on any atom is -0.741 e. The number of hydrogen-bond acceptors (Lipinski definition) is 5. The highest BCUT2D eigenvalue weighted by atomic mass is 32.2. The van der Waals surface area contributed by atoms with Crippen molar-refractivity contribution in [1.82, 2.24) is 0 Å². The predicted octanol–water partition coefficient (Wildman–Crippen LogP) is 5.01. The van der Waals surface area contributed by atoms with Gasteiger partial charge in [-0.2, -0.15) is 31.3 Å². The molecule has 0 aliphatic heterocycles. The van der Waals surface area contributed by atoms with Gasteiger partial charge in [0.25, 0.3) is 0 Å². The standard InChI is InChI=1S/C7H15FO.C2H2F4.CHF3O3S.CH2F2O/c1-3-5-7(4-2)9-6-8;3-1-2(4,5)6;2-1(3,4)8(5,6)7;2-1-4-3/h7H,3-6H2,1-2H3;1H2;(H,5,6,7);1H2. The first-order valence-electron chi connectivity index (χ1n) is 6.69. The zero-order valence-corrected chi connectivity index (χ0v) is 14.9. The fourth-order valence-electron chi connectivity index (χ4n) is 0.816. The van der Waals surface area contributed by atoms with Crippen LogP contribution in [-0.4, -0.2) is 51.2 Å². The first-order valence-corrected chi connectivity index (χ1v) is 8.10. The van der Waals surface area contributed by atoms with Gasteiger partial charge in [-0.25, -0.2) is 21.6 Å². The molecular formula is C11H20F10O5S. The van der Waals surface area contributed by atoms with Gasteiger partial charge in [0.15, 0.2) is 23.7 Å². The molecule has 16 heteroatoms. The van der Waals surface area contributed by atoms with Gasteiger partial charge in [-0.05, 0) is 17.4 Å². The number of alkyl halides is 9. The van der Waals surface area contributed by atoms with Crippen molar-refractivity contribution in [1.29, 1.82) is 0 Å². The molecule has 0 heterocycles. The Balaban J connectivity index is -0.0000000861. The van der Waals surface area contributed by atoms with E-state index in [2.05, 4.69) is 11.9 Å². The van der Waals surface area contributed by atoms with Crippen molar-refractivity contribution in [2.24, 2.45) is 0 Å². The number of ether oxygens (including phenoxy) is 1. The Bertz CT molecular complexity index is 398. The lowest BCUT2D eigenvalue weighted by Gasteiger charge is -2.10. The lowest BCUT2D eigenvalue weighted by atomic mass is 10.2. The molecule has 0 saturated carbocycles. The Morgan fingerprint density at radius 2 is 1.33 bits per heavy atom. The maximum atomic E-state index is 11.5. The summed E-state index contributed by atoms with van der Waals surface area (Å²) in [5.41, 5.74) is -5.65. The molecule has 27 heavy (non-hydrogen) atoms. The quantitative estimate of drug-likeness (QED) is 0.321. The molecule has 1 atom stereocenters. The van der Waals surface area contributed by atoms with E-state index in [-0.39, 0.29) is 7.53 Å². The third kappa shape index (κ3) is 33.2. The largest absolute Gasteiger partial charge is 1.00 e. The van der Waals surface area contributed by atoms with Crippen LogP contribution in [0.15, 0.2) is 0 Å². The summed E-state index contributed by atoms with van der Waals surface area (Å²) < 4.78 is 137. The van der Waals surface area contributed by atoms with Gasteiger partial charge < -0.3 is 9.29 Å². The predicted molar refractivity (Wildman–Crippen MR) is 73.1 cm³/mol.